The molecule has 2 aliphatic carbocycles. The van der Waals surface area contributed by atoms with Crippen LogP contribution in [0.15, 0.2) is 0 Å². The molecule has 2 N–H and O–H groups in total. The first kappa shape index (κ1) is 17.8. The molecule has 0 aliphatic heterocycles. The molecule has 0 bridgehead atoms. The van der Waals surface area contributed by atoms with Gasteiger partial charge in [-0.3, -0.25) is 14.4 Å². The van der Waals surface area contributed by atoms with Crippen LogP contribution in [-0.2, 0) is 19.1 Å². The molecule has 0 aromatic carbocycles. The van der Waals surface area contributed by atoms with Crippen LogP contribution in [0.3, 0.4) is 0 Å². The van der Waals surface area contributed by atoms with Gasteiger partial charge < -0.3 is 14.9 Å². The van der Waals surface area contributed by atoms with Crippen molar-refractivity contribution in [3.8, 4) is 0 Å². The van der Waals surface area contributed by atoms with Crippen LogP contribution in [0.5, 0.6) is 0 Å². The van der Waals surface area contributed by atoms with Gasteiger partial charge in [-0.05, 0) is 44.9 Å². The van der Waals surface area contributed by atoms with E-state index in [1.807, 2.05) is 6.92 Å². The molecular weight excluding hydrogens is 300 g/mol. The van der Waals surface area contributed by atoms with Gasteiger partial charge in [-0.25, -0.2) is 0 Å². The van der Waals surface area contributed by atoms with Gasteiger partial charge in [-0.2, -0.15) is 0 Å². The Morgan fingerprint density at radius 3 is 1.83 bits per heavy atom. The molecule has 3 unspecified atom stereocenters. The fourth-order valence-corrected chi connectivity index (χ4v) is 3.89. The van der Waals surface area contributed by atoms with Crippen LogP contribution in [0.4, 0.5) is 0 Å². The predicted molar refractivity (Wildman–Crippen MR) is 81.7 cm³/mol. The summed E-state index contributed by atoms with van der Waals surface area (Å²) < 4.78 is 5.56. The smallest absolute Gasteiger partial charge is 0.309 e. The first-order chi connectivity index (χ1) is 10.9. The molecule has 2 fully saturated rings. The maximum Gasteiger partial charge on any atom is 0.309 e. The maximum absolute atomic E-state index is 12.4. The molecule has 2 rings (SSSR count). The second kappa shape index (κ2) is 7.79. The van der Waals surface area contributed by atoms with Crippen molar-refractivity contribution >= 4 is 17.9 Å². The van der Waals surface area contributed by atoms with Gasteiger partial charge in [0.2, 0.25) is 0 Å². The number of rotatable bonds is 5. The zero-order valence-corrected chi connectivity index (χ0v) is 13.6. The summed E-state index contributed by atoms with van der Waals surface area (Å²) in [5.74, 6) is -4.33. The molecule has 2 saturated carbocycles. The lowest BCUT2D eigenvalue weighted by Crippen LogP contribution is -2.37. The molecular formula is C17H26O6. The minimum atomic E-state index is -1.03. The van der Waals surface area contributed by atoms with E-state index in [9.17, 15) is 24.6 Å². The third-order valence-corrected chi connectivity index (χ3v) is 5.35. The van der Waals surface area contributed by atoms with Crippen molar-refractivity contribution in [2.24, 2.45) is 23.7 Å². The Bertz CT molecular complexity index is 432. The van der Waals surface area contributed by atoms with Crippen molar-refractivity contribution < 1.29 is 29.3 Å². The Hall–Kier alpha value is -1.59. The van der Waals surface area contributed by atoms with Gasteiger partial charge in [0, 0.05) is 0 Å². The summed E-state index contributed by atoms with van der Waals surface area (Å²) in [5, 5.41) is 18.4. The van der Waals surface area contributed by atoms with Crippen LogP contribution in [0.25, 0.3) is 0 Å². The van der Waals surface area contributed by atoms with Crippen LogP contribution < -0.4 is 0 Å². The van der Waals surface area contributed by atoms with Crippen molar-refractivity contribution in [1.29, 1.82) is 0 Å². The molecule has 6 heteroatoms. The number of carbonyl (C=O) groups excluding carboxylic acids is 1. The summed E-state index contributed by atoms with van der Waals surface area (Å²) in [4.78, 5) is 34.8. The Balaban J connectivity index is 1.95. The highest BCUT2D eigenvalue weighted by Gasteiger charge is 2.40. The highest BCUT2D eigenvalue weighted by molar-refractivity contribution is 5.79. The summed E-state index contributed by atoms with van der Waals surface area (Å²) in [6.07, 6.45) is 5.88. The second-order valence-electron chi connectivity index (χ2n) is 7.01. The highest BCUT2D eigenvalue weighted by Crippen LogP contribution is 2.36. The van der Waals surface area contributed by atoms with Crippen molar-refractivity contribution in [2.45, 2.75) is 64.4 Å². The van der Waals surface area contributed by atoms with E-state index in [-0.39, 0.29) is 25.4 Å². The number of carboxylic acids is 2. The second-order valence-corrected chi connectivity index (χ2v) is 7.01. The monoisotopic (exact) mass is 326 g/mol. The van der Waals surface area contributed by atoms with Crippen molar-refractivity contribution in [2.75, 3.05) is 0 Å². The fourth-order valence-electron chi connectivity index (χ4n) is 3.89. The summed E-state index contributed by atoms with van der Waals surface area (Å²) in [6.45, 7) is 1.89. The average Bonchev–Trinajstić information content (AvgIpc) is 2.55. The topological polar surface area (TPSA) is 101 Å². The zero-order valence-electron chi connectivity index (χ0n) is 13.6. The van der Waals surface area contributed by atoms with E-state index in [0.717, 1.165) is 25.7 Å². The molecule has 0 spiro atoms. The normalized spacial score (nSPS) is 30.4. The van der Waals surface area contributed by atoms with Crippen molar-refractivity contribution in [1.82, 2.24) is 0 Å². The highest BCUT2D eigenvalue weighted by atomic mass is 16.5. The number of carbonyl (C=O) groups is 3. The first-order valence-corrected chi connectivity index (χ1v) is 8.54. The van der Waals surface area contributed by atoms with E-state index in [4.69, 9.17) is 4.74 Å². The number of esters is 1. The quantitative estimate of drug-likeness (QED) is 0.753. The minimum Gasteiger partial charge on any atom is -0.481 e. The lowest BCUT2D eigenvalue weighted by Gasteiger charge is -2.32. The fraction of sp³-hybridized carbons (Fsp3) is 0.824. The zero-order chi connectivity index (χ0) is 17.0. The third-order valence-electron chi connectivity index (χ3n) is 5.35. The summed E-state index contributed by atoms with van der Waals surface area (Å²) in [7, 11) is 0. The van der Waals surface area contributed by atoms with Gasteiger partial charge in [0.05, 0.1) is 17.8 Å². The Kier molecular flexibility index (Phi) is 6.02. The molecule has 3 atom stereocenters. The number of aliphatic carboxylic acids is 2. The lowest BCUT2D eigenvalue weighted by molar-refractivity contribution is -0.162. The van der Waals surface area contributed by atoms with E-state index in [2.05, 4.69) is 0 Å². The standard InChI is InChI=1S/C17H26O6/c1-10(11-5-3-2-4-6-11)23-17(22)14-8-12(15(18)19)7-13(9-14)16(20)21/h10-14H,2-9H2,1H3,(H,18,19)(H,20,21). The minimum absolute atomic E-state index is 0.0899. The number of hydrogen-bond donors (Lipinski definition) is 2. The number of carboxylic acid groups (broad SMARTS) is 2. The van der Waals surface area contributed by atoms with Crippen LogP contribution in [0, 0.1) is 23.7 Å². The molecule has 0 aromatic heterocycles. The van der Waals surface area contributed by atoms with Gasteiger partial charge in [-0.1, -0.05) is 19.3 Å². The van der Waals surface area contributed by atoms with E-state index in [0.29, 0.717) is 5.92 Å². The van der Waals surface area contributed by atoms with E-state index < -0.39 is 35.7 Å². The van der Waals surface area contributed by atoms with E-state index in [1.165, 1.54) is 6.42 Å². The summed E-state index contributed by atoms with van der Waals surface area (Å²) >= 11 is 0. The van der Waals surface area contributed by atoms with Gasteiger partial charge >= 0.3 is 17.9 Å². The van der Waals surface area contributed by atoms with Gasteiger partial charge in [0.25, 0.3) is 0 Å². The molecule has 23 heavy (non-hydrogen) atoms. The van der Waals surface area contributed by atoms with Crippen LogP contribution in [0.2, 0.25) is 0 Å². The van der Waals surface area contributed by atoms with Crippen LogP contribution in [-0.4, -0.2) is 34.2 Å². The summed E-state index contributed by atoms with van der Waals surface area (Å²) in [6, 6.07) is 0. The van der Waals surface area contributed by atoms with Crippen LogP contribution >= 0.6 is 0 Å². The Labute approximate surface area is 136 Å². The average molecular weight is 326 g/mol. The number of hydrogen-bond acceptors (Lipinski definition) is 4. The largest absolute Gasteiger partial charge is 0.481 e. The molecule has 0 heterocycles. The van der Waals surface area contributed by atoms with Crippen LogP contribution in [0.1, 0.15) is 58.3 Å². The van der Waals surface area contributed by atoms with Crippen molar-refractivity contribution in [3.63, 3.8) is 0 Å². The van der Waals surface area contributed by atoms with E-state index in [1.54, 1.807) is 0 Å². The molecule has 0 aromatic rings. The molecule has 6 nitrogen and oxygen atoms in total. The van der Waals surface area contributed by atoms with E-state index >= 15 is 0 Å². The van der Waals surface area contributed by atoms with Gasteiger partial charge in [-0.15, -0.1) is 0 Å². The summed E-state index contributed by atoms with van der Waals surface area (Å²) in [5.41, 5.74) is 0. The molecule has 130 valence electrons. The Morgan fingerprint density at radius 1 is 0.870 bits per heavy atom. The molecule has 0 radical (unpaired) electrons. The molecule has 0 saturated heterocycles. The van der Waals surface area contributed by atoms with Crippen molar-refractivity contribution in [3.05, 3.63) is 0 Å². The number of ether oxygens (including phenoxy) is 1. The lowest BCUT2D eigenvalue weighted by atomic mass is 9.75. The first-order valence-electron chi connectivity index (χ1n) is 8.54. The molecule has 0 amide bonds. The third kappa shape index (κ3) is 4.69. The SMILES string of the molecule is CC(OC(=O)C1CC(C(=O)O)CC(C(=O)O)C1)C1CCCCC1. The molecule has 2 aliphatic rings. The van der Waals surface area contributed by atoms with Gasteiger partial charge in [0.15, 0.2) is 0 Å². The Morgan fingerprint density at radius 2 is 1.35 bits per heavy atom. The predicted octanol–water partition coefficient (Wildman–Crippen LogP) is 2.70. The van der Waals surface area contributed by atoms with Gasteiger partial charge in [0.1, 0.15) is 6.10 Å². The maximum atomic E-state index is 12.4.